The molecule has 0 amide bonds. The Balaban J connectivity index is 1.35. The molecule has 0 aliphatic carbocycles. The molecule has 144 valence electrons. The molecule has 3 N–H and O–H groups in total. The third kappa shape index (κ3) is 4.19. The van der Waals surface area contributed by atoms with Crippen molar-refractivity contribution in [2.75, 3.05) is 44.4 Å². The van der Waals surface area contributed by atoms with Gasteiger partial charge in [0.15, 0.2) is 17.3 Å². The zero-order valence-electron chi connectivity index (χ0n) is 15.6. The first-order chi connectivity index (χ1) is 13.2. The molecule has 0 unspecified atom stereocenters. The van der Waals surface area contributed by atoms with Gasteiger partial charge < -0.3 is 25.3 Å². The number of nitrogens with two attached hydrogens (primary N) is 1. The summed E-state index contributed by atoms with van der Waals surface area (Å²) in [6.07, 6.45) is 2.24. The molecule has 0 spiro atoms. The van der Waals surface area contributed by atoms with Crippen molar-refractivity contribution in [3.63, 3.8) is 0 Å². The zero-order valence-corrected chi connectivity index (χ0v) is 15.6. The van der Waals surface area contributed by atoms with E-state index in [0.717, 1.165) is 44.0 Å². The highest BCUT2D eigenvalue weighted by atomic mass is 16.6. The van der Waals surface area contributed by atoms with Crippen molar-refractivity contribution < 1.29 is 14.2 Å². The highest BCUT2D eigenvalue weighted by Gasteiger charge is 2.27. The highest BCUT2D eigenvalue weighted by molar-refractivity contribution is 5.62. The smallest absolute Gasteiger partial charge is 0.215 e. The maximum absolute atomic E-state index is 6.10. The maximum Gasteiger partial charge on any atom is 0.215 e. The van der Waals surface area contributed by atoms with Gasteiger partial charge in [0.25, 0.3) is 0 Å². The molecule has 1 aromatic carbocycles. The van der Waals surface area contributed by atoms with E-state index in [1.807, 2.05) is 30.3 Å². The number of nitrogens with one attached hydrogen (secondary N) is 1. The van der Waals surface area contributed by atoms with E-state index in [-0.39, 0.29) is 12.1 Å². The predicted octanol–water partition coefficient (Wildman–Crippen LogP) is 2.39. The molecular formula is C20H26N4O3. The summed E-state index contributed by atoms with van der Waals surface area (Å²) < 4.78 is 17.1. The number of methoxy groups -OCH3 is 1. The van der Waals surface area contributed by atoms with Crippen molar-refractivity contribution in [3.8, 4) is 17.4 Å². The molecule has 7 nitrogen and oxygen atoms in total. The van der Waals surface area contributed by atoms with Crippen LogP contribution in [0.3, 0.4) is 0 Å². The first-order valence-corrected chi connectivity index (χ1v) is 9.39. The molecule has 3 heterocycles. The molecule has 2 atom stereocenters. The number of pyridine rings is 1. The number of anilines is 2. The Hall–Kier alpha value is -2.67. The van der Waals surface area contributed by atoms with Gasteiger partial charge in [-0.2, -0.15) is 4.98 Å². The van der Waals surface area contributed by atoms with Gasteiger partial charge in [0.1, 0.15) is 12.7 Å². The normalized spacial score (nSPS) is 22.3. The van der Waals surface area contributed by atoms with E-state index < -0.39 is 0 Å². The number of aromatic nitrogens is 1. The fourth-order valence-electron chi connectivity index (χ4n) is 3.65. The van der Waals surface area contributed by atoms with Crippen LogP contribution < -0.4 is 25.3 Å². The number of likely N-dealkylation sites (tertiary alicyclic amines) is 1. The second kappa shape index (κ2) is 7.92. The Morgan fingerprint density at radius 3 is 2.96 bits per heavy atom. The summed E-state index contributed by atoms with van der Waals surface area (Å²) in [5.74, 6) is 2.90. The van der Waals surface area contributed by atoms with E-state index in [0.29, 0.717) is 24.0 Å². The third-order valence-electron chi connectivity index (χ3n) is 4.99. The summed E-state index contributed by atoms with van der Waals surface area (Å²) >= 11 is 0. The lowest BCUT2D eigenvalue weighted by molar-refractivity contribution is 0.0518. The SMILES string of the molecule is COc1ccc(N)c(N[C@H]2CCCN(C[C@H]3COc4ccccc4O3)C2)n1. The minimum absolute atomic E-state index is 0.0404. The number of piperidine rings is 1. The van der Waals surface area contributed by atoms with Gasteiger partial charge in [-0.25, -0.2) is 0 Å². The van der Waals surface area contributed by atoms with Crippen LogP contribution in [0.25, 0.3) is 0 Å². The summed E-state index contributed by atoms with van der Waals surface area (Å²) in [6, 6.07) is 11.7. The molecule has 2 aliphatic heterocycles. The van der Waals surface area contributed by atoms with Crippen LogP contribution in [-0.4, -0.2) is 55.4 Å². The van der Waals surface area contributed by atoms with E-state index in [9.17, 15) is 0 Å². The van der Waals surface area contributed by atoms with Gasteiger partial charge in [-0.1, -0.05) is 12.1 Å². The molecule has 7 heteroatoms. The van der Waals surface area contributed by atoms with Crippen LogP contribution in [0.15, 0.2) is 36.4 Å². The van der Waals surface area contributed by atoms with E-state index in [2.05, 4.69) is 15.2 Å². The van der Waals surface area contributed by atoms with Crippen molar-refractivity contribution in [2.24, 2.45) is 0 Å². The number of hydrogen-bond acceptors (Lipinski definition) is 7. The van der Waals surface area contributed by atoms with Crippen LogP contribution in [0.2, 0.25) is 0 Å². The lowest BCUT2D eigenvalue weighted by atomic mass is 10.0. The molecule has 0 saturated carbocycles. The number of ether oxygens (including phenoxy) is 3. The summed E-state index contributed by atoms with van der Waals surface area (Å²) in [6.45, 7) is 3.39. The maximum atomic E-state index is 6.10. The standard InChI is InChI=1S/C20H26N4O3/c1-25-19-9-8-16(21)20(23-19)22-14-5-4-10-24(11-14)12-15-13-26-17-6-2-3-7-18(17)27-15/h2-3,6-9,14-15H,4-5,10-13,21H2,1H3,(H,22,23)/t14-,15-/m0/s1. The number of para-hydroxylation sites is 2. The van der Waals surface area contributed by atoms with Gasteiger partial charge in [0.2, 0.25) is 5.88 Å². The average Bonchev–Trinajstić information content (AvgIpc) is 2.70. The van der Waals surface area contributed by atoms with Crippen LogP contribution >= 0.6 is 0 Å². The lowest BCUT2D eigenvalue weighted by Crippen LogP contribution is -2.48. The van der Waals surface area contributed by atoms with Gasteiger partial charge in [-0.3, -0.25) is 4.90 Å². The van der Waals surface area contributed by atoms with Gasteiger partial charge in [0, 0.05) is 25.2 Å². The largest absolute Gasteiger partial charge is 0.486 e. The van der Waals surface area contributed by atoms with Crippen LogP contribution in [-0.2, 0) is 0 Å². The van der Waals surface area contributed by atoms with Crippen molar-refractivity contribution >= 4 is 11.5 Å². The average molecular weight is 370 g/mol. The lowest BCUT2D eigenvalue weighted by Gasteiger charge is -2.36. The fourth-order valence-corrected chi connectivity index (χ4v) is 3.65. The van der Waals surface area contributed by atoms with Crippen molar-refractivity contribution in [1.29, 1.82) is 0 Å². The zero-order chi connectivity index (χ0) is 18.6. The molecule has 0 radical (unpaired) electrons. The van der Waals surface area contributed by atoms with E-state index >= 15 is 0 Å². The Labute approximate surface area is 159 Å². The minimum Gasteiger partial charge on any atom is -0.486 e. The first kappa shape index (κ1) is 17.7. The molecule has 1 saturated heterocycles. The van der Waals surface area contributed by atoms with Crippen molar-refractivity contribution in [1.82, 2.24) is 9.88 Å². The number of fused-ring (bicyclic) bond motifs is 1. The Morgan fingerprint density at radius 1 is 1.26 bits per heavy atom. The van der Waals surface area contributed by atoms with Gasteiger partial charge in [-0.05, 0) is 37.6 Å². The quantitative estimate of drug-likeness (QED) is 0.836. The molecular weight excluding hydrogens is 344 g/mol. The van der Waals surface area contributed by atoms with Crippen LogP contribution in [0.1, 0.15) is 12.8 Å². The second-order valence-electron chi connectivity index (χ2n) is 7.03. The van der Waals surface area contributed by atoms with Crippen molar-refractivity contribution in [3.05, 3.63) is 36.4 Å². The van der Waals surface area contributed by atoms with Gasteiger partial charge >= 0.3 is 0 Å². The van der Waals surface area contributed by atoms with E-state index in [4.69, 9.17) is 19.9 Å². The first-order valence-electron chi connectivity index (χ1n) is 9.39. The molecule has 2 aromatic rings. The predicted molar refractivity (Wildman–Crippen MR) is 105 cm³/mol. The van der Waals surface area contributed by atoms with Crippen LogP contribution in [0.4, 0.5) is 11.5 Å². The summed E-state index contributed by atoms with van der Waals surface area (Å²) in [5.41, 5.74) is 6.69. The molecule has 2 aliphatic rings. The van der Waals surface area contributed by atoms with Crippen LogP contribution in [0.5, 0.6) is 17.4 Å². The Bertz CT molecular complexity index is 786. The third-order valence-corrected chi connectivity index (χ3v) is 4.99. The highest BCUT2D eigenvalue weighted by Crippen LogP contribution is 2.31. The Kier molecular flexibility index (Phi) is 5.20. The summed E-state index contributed by atoms with van der Waals surface area (Å²) in [4.78, 5) is 6.85. The van der Waals surface area contributed by atoms with Crippen molar-refractivity contribution in [2.45, 2.75) is 25.0 Å². The number of hydrogen-bond donors (Lipinski definition) is 2. The number of nitrogen functional groups attached to an aromatic ring is 1. The number of benzene rings is 1. The summed E-state index contributed by atoms with van der Waals surface area (Å²) in [7, 11) is 1.61. The topological polar surface area (TPSA) is 81.9 Å². The monoisotopic (exact) mass is 370 g/mol. The molecule has 0 bridgehead atoms. The van der Waals surface area contributed by atoms with E-state index in [1.165, 1.54) is 0 Å². The van der Waals surface area contributed by atoms with Gasteiger partial charge in [-0.15, -0.1) is 0 Å². The van der Waals surface area contributed by atoms with Gasteiger partial charge in [0.05, 0.1) is 12.8 Å². The van der Waals surface area contributed by atoms with E-state index in [1.54, 1.807) is 13.2 Å². The second-order valence-corrected chi connectivity index (χ2v) is 7.03. The molecule has 4 rings (SSSR count). The van der Waals surface area contributed by atoms with Crippen LogP contribution in [0, 0.1) is 0 Å². The molecule has 1 fully saturated rings. The number of nitrogens with zero attached hydrogens (tertiary/aromatic N) is 2. The molecule has 27 heavy (non-hydrogen) atoms. The molecule has 1 aromatic heterocycles. The Morgan fingerprint density at radius 2 is 2.11 bits per heavy atom. The number of rotatable bonds is 5. The minimum atomic E-state index is 0.0404. The fraction of sp³-hybridized carbons (Fsp3) is 0.450. The summed E-state index contributed by atoms with van der Waals surface area (Å²) in [5, 5.41) is 3.48.